The lowest BCUT2D eigenvalue weighted by molar-refractivity contribution is 0.459. The second-order valence-electron chi connectivity index (χ2n) is 4.51. The highest BCUT2D eigenvalue weighted by atomic mass is 35.5. The van der Waals surface area contributed by atoms with Crippen molar-refractivity contribution in [2.45, 2.75) is 26.3 Å². The van der Waals surface area contributed by atoms with Crippen LogP contribution in [0.15, 0.2) is 30.6 Å². The van der Waals surface area contributed by atoms with E-state index in [9.17, 15) is 0 Å². The molecule has 0 fully saturated rings. The quantitative estimate of drug-likeness (QED) is 0.929. The van der Waals surface area contributed by atoms with Gasteiger partial charge in [-0.2, -0.15) is 0 Å². The minimum Gasteiger partial charge on any atom is -0.437 e. The number of hydrogen-bond acceptors (Lipinski definition) is 4. The zero-order valence-corrected chi connectivity index (χ0v) is 11.7. The second-order valence-corrected chi connectivity index (χ2v) is 4.91. The summed E-state index contributed by atoms with van der Waals surface area (Å²) in [5, 5.41) is 0.521. The molecule has 0 amide bonds. The Hall–Kier alpha value is -1.65. The molecule has 0 radical (unpaired) electrons. The van der Waals surface area contributed by atoms with Crippen LogP contribution in [0.5, 0.6) is 11.6 Å². The lowest BCUT2D eigenvalue weighted by atomic mass is 10.1. The summed E-state index contributed by atoms with van der Waals surface area (Å²) in [5.74, 6) is 1.37. The lowest BCUT2D eigenvalue weighted by Gasteiger charge is -2.09. The van der Waals surface area contributed by atoms with Gasteiger partial charge in [0, 0.05) is 12.6 Å². The Morgan fingerprint density at radius 3 is 2.68 bits per heavy atom. The number of halogens is 1. The van der Waals surface area contributed by atoms with E-state index in [2.05, 4.69) is 23.8 Å². The first kappa shape index (κ1) is 13.8. The zero-order chi connectivity index (χ0) is 13.8. The second kappa shape index (κ2) is 5.99. The SMILES string of the molecule is CC(C)c1cc(Oc2ccc(CN)cc2Cl)ncn1. The van der Waals surface area contributed by atoms with E-state index in [1.54, 1.807) is 12.1 Å². The Morgan fingerprint density at radius 2 is 2.05 bits per heavy atom. The van der Waals surface area contributed by atoms with E-state index in [4.69, 9.17) is 22.1 Å². The summed E-state index contributed by atoms with van der Waals surface area (Å²) in [7, 11) is 0. The summed E-state index contributed by atoms with van der Waals surface area (Å²) >= 11 is 6.14. The Labute approximate surface area is 117 Å². The first-order chi connectivity index (χ1) is 9.10. The molecule has 2 N–H and O–H groups in total. The average molecular weight is 278 g/mol. The molecule has 0 unspecified atom stereocenters. The fourth-order valence-corrected chi connectivity index (χ4v) is 1.83. The van der Waals surface area contributed by atoms with E-state index >= 15 is 0 Å². The first-order valence-electron chi connectivity index (χ1n) is 6.08. The van der Waals surface area contributed by atoms with Crippen LogP contribution in [0, 0.1) is 0 Å². The van der Waals surface area contributed by atoms with Crippen molar-refractivity contribution in [3.63, 3.8) is 0 Å². The molecule has 100 valence electrons. The zero-order valence-electron chi connectivity index (χ0n) is 10.9. The Kier molecular flexibility index (Phi) is 4.35. The molecule has 5 heteroatoms. The summed E-state index contributed by atoms with van der Waals surface area (Å²) in [6.07, 6.45) is 1.49. The number of rotatable bonds is 4. The minimum absolute atomic E-state index is 0.320. The van der Waals surface area contributed by atoms with Gasteiger partial charge in [0.05, 0.1) is 10.7 Å². The monoisotopic (exact) mass is 277 g/mol. The number of ether oxygens (including phenoxy) is 1. The van der Waals surface area contributed by atoms with E-state index in [1.807, 2.05) is 12.1 Å². The predicted octanol–water partition coefficient (Wildman–Crippen LogP) is 3.50. The van der Waals surface area contributed by atoms with Gasteiger partial charge < -0.3 is 10.5 Å². The van der Waals surface area contributed by atoms with Gasteiger partial charge in [-0.15, -0.1) is 0 Å². The number of aromatic nitrogens is 2. The molecule has 1 aromatic carbocycles. The molecule has 0 aliphatic heterocycles. The maximum Gasteiger partial charge on any atom is 0.222 e. The van der Waals surface area contributed by atoms with Crippen LogP contribution in [0.3, 0.4) is 0 Å². The molecule has 0 bridgehead atoms. The number of nitrogens with two attached hydrogens (primary N) is 1. The van der Waals surface area contributed by atoms with E-state index in [1.165, 1.54) is 6.33 Å². The van der Waals surface area contributed by atoms with Crippen molar-refractivity contribution in [1.29, 1.82) is 0 Å². The molecule has 1 aromatic heterocycles. The van der Waals surface area contributed by atoms with Crippen molar-refractivity contribution in [2.24, 2.45) is 5.73 Å². The molecule has 0 saturated carbocycles. The van der Waals surface area contributed by atoms with Crippen LogP contribution < -0.4 is 10.5 Å². The molecule has 2 aromatic rings. The summed E-state index contributed by atoms with van der Waals surface area (Å²) in [5.41, 5.74) is 7.45. The van der Waals surface area contributed by atoms with Gasteiger partial charge in [0.1, 0.15) is 12.1 Å². The van der Waals surface area contributed by atoms with E-state index in [0.29, 0.717) is 29.1 Å². The van der Waals surface area contributed by atoms with Gasteiger partial charge in [-0.05, 0) is 23.6 Å². The fourth-order valence-electron chi connectivity index (χ4n) is 1.59. The number of benzene rings is 1. The topological polar surface area (TPSA) is 61.0 Å². The summed E-state index contributed by atoms with van der Waals surface area (Å²) < 4.78 is 5.68. The average Bonchev–Trinajstić information content (AvgIpc) is 2.41. The van der Waals surface area contributed by atoms with Crippen molar-refractivity contribution in [1.82, 2.24) is 9.97 Å². The van der Waals surface area contributed by atoms with Gasteiger partial charge in [0.25, 0.3) is 0 Å². The van der Waals surface area contributed by atoms with Crippen LogP contribution >= 0.6 is 11.6 Å². The molecule has 0 atom stereocenters. The number of nitrogens with zero attached hydrogens (tertiary/aromatic N) is 2. The third-order valence-corrected chi connectivity index (χ3v) is 3.00. The van der Waals surface area contributed by atoms with Crippen molar-refractivity contribution < 1.29 is 4.74 Å². The van der Waals surface area contributed by atoms with E-state index < -0.39 is 0 Å². The highest BCUT2D eigenvalue weighted by Gasteiger charge is 2.07. The highest BCUT2D eigenvalue weighted by Crippen LogP contribution is 2.29. The van der Waals surface area contributed by atoms with E-state index in [-0.39, 0.29) is 0 Å². The summed E-state index contributed by atoms with van der Waals surface area (Å²) in [6.45, 7) is 4.58. The number of hydrogen-bond donors (Lipinski definition) is 1. The molecule has 0 saturated heterocycles. The molecule has 2 rings (SSSR count). The summed E-state index contributed by atoms with van der Waals surface area (Å²) in [6, 6.07) is 7.28. The molecule has 4 nitrogen and oxygen atoms in total. The predicted molar refractivity (Wildman–Crippen MR) is 75.5 cm³/mol. The van der Waals surface area contributed by atoms with Crippen molar-refractivity contribution in [2.75, 3.05) is 0 Å². The van der Waals surface area contributed by atoms with Gasteiger partial charge in [0.15, 0.2) is 0 Å². The minimum atomic E-state index is 0.320. The highest BCUT2D eigenvalue weighted by molar-refractivity contribution is 6.32. The van der Waals surface area contributed by atoms with Crippen LogP contribution in [0.4, 0.5) is 0 Å². The van der Waals surface area contributed by atoms with Gasteiger partial charge in [-0.1, -0.05) is 31.5 Å². The van der Waals surface area contributed by atoms with Gasteiger partial charge >= 0.3 is 0 Å². The maximum absolute atomic E-state index is 6.14. The Balaban J connectivity index is 2.23. The first-order valence-corrected chi connectivity index (χ1v) is 6.46. The molecular weight excluding hydrogens is 262 g/mol. The molecular formula is C14H16ClN3O. The Morgan fingerprint density at radius 1 is 1.26 bits per heavy atom. The standard InChI is InChI=1S/C14H16ClN3O/c1-9(2)12-6-14(18-8-17-12)19-13-4-3-10(7-16)5-11(13)15/h3-6,8-9H,7,16H2,1-2H3. The fraction of sp³-hybridized carbons (Fsp3) is 0.286. The van der Waals surface area contributed by atoms with Gasteiger partial charge in [-0.25, -0.2) is 9.97 Å². The normalized spacial score (nSPS) is 10.8. The van der Waals surface area contributed by atoms with Crippen LogP contribution in [0.25, 0.3) is 0 Å². The van der Waals surface area contributed by atoms with E-state index in [0.717, 1.165) is 11.3 Å². The third-order valence-electron chi connectivity index (χ3n) is 2.70. The van der Waals surface area contributed by atoms with Crippen LogP contribution in [-0.2, 0) is 6.54 Å². The molecule has 1 heterocycles. The van der Waals surface area contributed by atoms with Gasteiger partial charge in [-0.3, -0.25) is 0 Å². The summed E-state index contributed by atoms with van der Waals surface area (Å²) in [4.78, 5) is 8.27. The largest absolute Gasteiger partial charge is 0.437 e. The molecule has 0 aliphatic carbocycles. The van der Waals surface area contributed by atoms with Crippen molar-refractivity contribution in [3.8, 4) is 11.6 Å². The van der Waals surface area contributed by atoms with Crippen molar-refractivity contribution in [3.05, 3.63) is 46.9 Å². The van der Waals surface area contributed by atoms with Crippen LogP contribution in [0.2, 0.25) is 5.02 Å². The Bertz CT molecular complexity index is 572. The third kappa shape index (κ3) is 3.43. The van der Waals surface area contributed by atoms with Crippen molar-refractivity contribution >= 4 is 11.6 Å². The molecule has 0 spiro atoms. The smallest absolute Gasteiger partial charge is 0.222 e. The molecule has 0 aliphatic rings. The van der Waals surface area contributed by atoms with Gasteiger partial charge in [0.2, 0.25) is 5.88 Å². The maximum atomic E-state index is 6.14. The lowest BCUT2D eigenvalue weighted by Crippen LogP contribution is -1.98. The van der Waals surface area contributed by atoms with Crippen LogP contribution in [0.1, 0.15) is 31.0 Å². The van der Waals surface area contributed by atoms with Crippen LogP contribution in [-0.4, -0.2) is 9.97 Å². The molecule has 19 heavy (non-hydrogen) atoms.